The number of hydrogen-bond donors (Lipinski definition) is 1. The van der Waals surface area contributed by atoms with Crippen LogP contribution >= 0.6 is 11.6 Å². The van der Waals surface area contributed by atoms with Gasteiger partial charge in [0.2, 0.25) is 0 Å². The van der Waals surface area contributed by atoms with Gasteiger partial charge < -0.3 is 15.2 Å². The molecular formula is C13H13ClN2O4. The van der Waals surface area contributed by atoms with Gasteiger partial charge in [0, 0.05) is 10.4 Å². The van der Waals surface area contributed by atoms with Crippen LogP contribution in [0.3, 0.4) is 0 Å². The molecule has 2 rings (SSSR count). The zero-order chi connectivity index (χ0) is 14.9. The van der Waals surface area contributed by atoms with Crippen LogP contribution in [0.1, 0.15) is 17.4 Å². The van der Waals surface area contributed by atoms with E-state index in [1.807, 2.05) is 0 Å². The number of ether oxygens (including phenoxy) is 2. The van der Waals surface area contributed by atoms with Gasteiger partial charge in [0.25, 0.3) is 0 Å². The van der Waals surface area contributed by atoms with Gasteiger partial charge in [-0.25, -0.2) is 14.2 Å². The minimum Gasteiger partial charge on any atom is -0.464 e. The van der Waals surface area contributed by atoms with Crippen molar-refractivity contribution in [1.82, 2.24) is 4.57 Å². The number of carbonyl (C=O) groups is 2. The number of carbonyl (C=O) groups excluding carboxylic acids is 2. The van der Waals surface area contributed by atoms with Crippen molar-refractivity contribution in [3.63, 3.8) is 0 Å². The van der Waals surface area contributed by atoms with E-state index in [0.29, 0.717) is 15.9 Å². The topological polar surface area (TPSA) is 83.5 Å². The van der Waals surface area contributed by atoms with Gasteiger partial charge in [-0.05, 0) is 25.1 Å². The molecule has 20 heavy (non-hydrogen) atoms. The fourth-order valence-electron chi connectivity index (χ4n) is 1.96. The molecule has 0 saturated carbocycles. The maximum absolute atomic E-state index is 12.1. The van der Waals surface area contributed by atoms with E-state index in [0.717, 1.165) is 4.57 Å². The highest BCUT2D eigenvalue weighted by Crippen LogP contribution is 2.31. The highest BCUT2D eigenvalue weighted by Gasteiger charge is 2.26. The number of anilines is 1. The number of aromatic nitrogens is 1. The first kappa shape index (κ1) is 14.2. The predicted octanol–water partition coefficient (Wildman–Crippen LogP) is 2.67. The lowest BCUT2D eigenvalue weighted by Gasteiger charge is -2.08. The quantitative estimate of drug-likeness (QED) is 0.861. The van der Waals surface area contributed by atoms with E-state index in [1.165, 1.54) is 13.2 Å². The molecule has 0 aliphatic rings. The second-order valence-electron chi connectivity index (χ2n) is 3.95. The SMILES string of the molecule is CCOC(=O)n1c(C(=O)OC)c(N)c2ccc(Cl)cc21. The molecule has 1 aromatic heterocycles. The van der Waals surface area contributed by atoms with E-state index in [1.54, 1.807) is 19.1 Å². The Labute approximate surface area is 120 Å². The van der Waals surface area contributed by atoms with Crippen molar-refractivity contribution in [2.75, 3.05) is 19.5 Å². The third-order valence-electron chi connectivity index (χ3n) is 2.80. The molecule has 6 nitrogen and oxygen atoms in total. The second kappa shape index (κ2) is 5.42. The van der Waals surface area contributed by atoms with Gasteiger partial charge in [0.1, 0.15) is 0 Å². The monoisotopic (exact) mass is 296 g/mol. The summed E-state index contributed by atoms with van der Waals surface area (Å²) < 4.78 is 10.7. The number of fused-ring (bicyclic) bond motifs is 1. The fourth-order valence-corrected chi connectivity index (χ4v) is 2.13. The van der Waals surface area contributed by atoms with E-state index in [9.17, 15) is 9.59 Å². The molecule has 0 aliphatic heterocycles. The maximum Gasteiger partial charge on any atom is 0.419 e. The third-order valence-corrected chi connectivity index (χ3v) is 3.03. The Balaban J connectivity index is 2.81. The zero-order valence-electron chi connectivity index (χ0n) is 11.0. The molecule has 0 bridgehead atoms. The Hall–Kier alpha value is -2.21. The van der Waals surface area contributed by atoms with Gasteiger partial charge in [-0.1, -0.05) is 11.6 Å². The van der Waals surface area contributed by atoms with Crippen LogP contribution < -0.4 is 5.73 Å². The normalized spacial score (nSPS) is 10.6. The zero-order valence-corrected chi connectivity index (χ0v) is 11.7. The number of nitrogens with two attached hydrogens (primary N) is 1. The fraction of sp³-hybridized carbons (Fsp3) is 0.231. The van der Waals surface area contributed by atoms with E-state index >= 15 is 0 Å². The van der Waals surface area contributed by atoms with Crippen molar-refractivity contribution < 1.29 is 19.1 Å². The van der Waals surface area contributed by atoms with Gasteiger partial charge in [0.15, 0.2) is 5.69 Å². The molecule has 0 aliphatic carbocycles. The summed E-state index contributed by atoms with van der Waals surface area (Å²) in [7, 11) is 1.21. The first-order valence-corrected chi connectivity index (χ1v) is 6.24. The molecule has 0 amide bonds. The summed E-state index contributed by atoms with van der Waals surface area (Å²) in [6.45, 7) is 1.83. The van der Waals surface area contributed by atoms with Crippen molar-refractivity contribution in [2.45, 2.75) is 6.92 Å². The smallest absolute Gasteiger partial charge is 0.419 e. The summed E-state index contributed by atoms with van der Waals surface area (Å²) in [4.78, 5) is 23.9. The Bertz CT molecular complexity index is 693. The van der Waals surface area contributed by atoms with Crippen LogP contribution in [0.5, 0.6) is 0 Å². The molecule has 1 heterocycles. The van der Waals surface area contributed by atoms with E-state index < -0.39 is 12.1 Å². The van der Waals surface area contributed by atoms with Crippen LogP contribution in [0.2, 0.25) is 5.02 Å². The molecule has 2 N–H and O–H groups in total. The molecule has 0 atom stereocenters. The van der Waals surface area contributed by atoms with Crippen LogP contribution in [0.15, 0.2) is 18.2 Å². The number of nitrogens with zero attached hydrogens (tertiary/aromatic N) is 1. The lowest BCUT2D eigenvalue weighted by Crippen LogP contribution is -2.20. The molecule has 2 aromatic rings. The third kappa shape index (κ3) is 2.18. The first-order chi connectivity index (χ1) is 9.51. The number of benzene rings is 1. The summed E-state index contributed by atoms with van der Waals surface area (Å²) in [6, 6.07) is 4.79. The molecule has 0 radical (unpaired) electrons. The van der Waals surface area contributed by atoms with Crippen LogP contribution in [0.25, 0.3) is 10.9 Å². The largest absolute Gasteiger partial charge is 0.464 e. The summed E-state index contributed by atoms with van der Waals surface area (Å²) >= 11 is 5.93. The van der Waals surface area contributed by atoms with Crippen molar-refractivity contribution in [2.24, 2.45) is 0 Å². The molecule has 1 aromatic carbocycles. The Kier molecular flexibility index (Phi) is 3.85. The number of halogens is 1. The van der Waals surface area contributed by atoms with Gasteiger partial charge in [-0.3, -0.25) is 0 Å². The highest BCUT2D eigenvalue weighted by atomic mass is 35.5. The van der Waals surface area contributed by atoms with Crippen LogP contribution in [-0.4, -0.2) is 30.3 Å². The standard InChI is InChI=1S/C13H13ClN2O4/c1-3-20-13(18)16-9-6-7(14)4-5-8(9)10(15)11(16)12(17)19-2/h4-6H,3,15H2,1-2H3. The molecule has 0 unspecified atom stereocenters. The average molecular weight is 297 g/mol. The van der Waals surface area contributed by atoms with E-state index in [-0.39, 0.29) is 18.0 Å². The Morgan fingerprint density at radius 3 is 2.70 bits per heavy atom. The summed E-state index contributed by atoms with van der Waals surface area (Å²) in [5.41, 5.74) is 6.41. The molecule has 0 saturated heterocycles. The first-order valence-electron chi connectivity index (χ1n) is 5.86. The Morgan fingerprint density at radius 1 is 1.40 bits per heavy atom. The lowest BCUT2D eigenvalue weighted by atomic mass is 10.2. The summed E-state index contributed by atoms with van der Waals surface area (Å²) in [5, 5.41) is 0.944. The second-order valence-corrected chi connectivity index (χ2v) is 4.39. The van der Waals surface area contributed by atoms with Crippen molar-refractivity contribution in [3.05, 3.63) is 28.9 Å². The Morgan fingerprint density at radius 2 is 2.10 bits per heavy atom. The summed E-state index contributed by atoms with van der Waals surface area (Å²) in [5.74, 6) is -0.720. The van der Waals surface area contributed by atoms with Gasteiger partial charge in [-0.2, -0.15) is 0 Å². The van der Waals surface area contributed by atoms with Crippen molar-refractivity contribution in [1.29, 1.82) is 0 Å². The van der Waals surface area contributed by atoms with Gasteiger partial charge >= 0.3 is 12.1 Å². The molecular weight excluding hydrogens is 284 g/mol. The average Bonchev–Trinajstić information content (AvgIpc) is 2.71. The molecule has 106 valence electrons. The van der Waals surface area contributed by atoms with Gasteiger partial charge in [-0.15, -0.1) is 0 Å². The maximum atomic E-state index is 12.1. The van der Waals surface area contributed by atoms with Crippen molar-refractivity contribution >= 4 is 40.3 Å². The van der Waals surface area contributed by atoms with Gasteiger partial charge in [0.05, 0.1) is 24.9 Å². The number of methoxy groups -OCH3 is 1. The lowest BCUT2D eigenvalue weighted by molar-refractivity contribution is 0.0587. The number of nitrogen functional groups attached to an aromatic ring is 1. The molecule has 0 spiro atoms. The van der Waals surface area contributed by atoms with Crippen LogP contribution in [0.4, 0.5) is 10.5 Å². The molecule has 0 fully saturated rings. The van der Waals surface area contributed by atoms with Crippen molar-refractivity contribution in [3.8, 4) is 0 Å². The minimum absolute atomic E-state index is 0.0665. The summed E-state index contributed by atoms with van der Waals surface area (Å²) in [6.07, 6.45) is -0.711. The predicted molar refractivity (Wildman–Crippen MR) is 75.1 cm³/mol. The van der Waals surface area contributed by atoms with E-state index in [4.69, 9.17) is 22.1 Å². The number of rotatable bonds is 2. The van der Waals surface area contributed by atoms with Crippen LogP contribution in [-0.2, 0) is 9.47 Å². The highest BCUT2D eigenvalue weighted by molar-refractivity contribution is 6.31. The minimum atomic E-state index is -0.720. The molecule has 7 heteroatoms. The number of hydrogen-bond acceptors (Lipinski definition) is 5. The van der Waals surface area contributed by atoms with Crippen LogP contribution in [0, 0.1) is 0 Å². The number of esters is 1. The van der Waals surface area contributed by atoms with E-state index in [2.05, 4.69) is 4.74 Å².